The molecule has 2 aromatic heterocycles. The van der Waals surface area contributed by atoms with Crippen molar-refractivity contribution in [2.45, 2.75) is 20.1 Å². The number of carbonyl (C=O) groups is 2. The zero-order valence-electron chi connectivity index (χ0n) is 13.5. The molecule has 2 heterocycles. The van der Waals surface area contributed by atoms with Gasteiger partial charge in [-0.15, -0.1) is 0 Å². The molecule has 0 spiro atoms. The second-order valence-electron chi connectivity index (χ2n) is 5.53. The third kappa shape index (κ3) is 4.36. The number of aromatic nitrogens is 2. The number of carbonyl (C=O) groups excluding carboxylic acids is 2. The Morgan fingerprint density at radius 1 is 1.16 bits per heavy atom. The van der Waals surface area contributed by atoms with Gasteiger partial charge in [0, 0.05) is 25.9 Å². The molecule has 128 valence electrons. The monoisotopic (exact) mass is 357 g/mol. The number of nitrogens with zero attached hydrogens (tertiary/aromatic N) is 2. The van der Waals surface area contributed by atoms with Crippen LogP contribution in [0.4, 0.5) is 0 Å². The number of esters is 1. The molecule has 6 nitrogen and oxygen atoms in total. The van der Waals surface area contributed by atoms with Gasteiger partial charge in [-0.3, -0.25) is 4.79 Å². The van der Waals surface area contributed by atoms with Crippen molar-refractivity contribution >= 4 is 29.1 Å². The fraction of sp³-hybridized carbons (Fsp3) is 0.167. The quantitative estimate of drug-likeness (QED) is 0.712. The van der Waals surface area contributed by atoms with Crippen LogP contribution in [0.15, 0.2) is 48.8 Å². The lowest BCUT2D eigenvalue weighted by molar-refractivity contribution is -0.119. The summed E-state index contributed by atoms with van der Waals surface area (Å²) >= 11 is 5.93. The van der Waals surface area contributed by atoms with Gasteiger partial charge >= 0.3 is 5.97 Å². The number of fused-ring (bicyclic) bond motifs is 1. The Bertz CT molecular complexity index is 919. The number of nitrogens with one attached hydrogen (secondary N) is 1. The molecule has 25 heavy (non-hydrogen) atoms. The average Bonchev–Trinajstić information content (AvgIpc) is 3.00. The minimum Gasteiger partial charge on any atom is -0.456 e. The molecule has 0 atom stereocenters. The summed E-state index contributed by atoms with van der Waals surface area (Å²) in [5.41, 5.74) is 2.72. The Morgan fingerprint density at radius 3 is 2.64 bits per heavy atom. The van der Waals surface area contributed by atoms with E-state index in [1.165, 1.54) is 6.92 Å². The molecule has 3 rings (SSSR count). The average molecular weight is 358 g/mol. The van der Waals surface area contributed by atoms with Crippen molar-refractivity contribution in [1.29, 1.82) is 0 Å². The van der Waals surface area contributed by atoms with Crippen LogP contribution in [-0.4, -0.2) is 21.3 Å². The van der Waals surface area contributed by atoms with E-state index >= 15 is 0 Å². The number of rotatable bonds is 5. The van der Waals surface area contributed by atoms with E-state index in [-0.39, 0.29) is 12.5 Å². The topological polar surface area (TPSA) is 72.7 Å². The molecule has 0 saturated carbocycles. The predicted octanol–water partition coefficient (Wildman–Crippen LogP) is 2.98. The molecule has 1 amide bonds. The van der Waals surface area contributed by atoms with E-state index in [1.54, 1.807) is 53.2 Å². The van der Waals surface area contributed by atoms with E-state index in [1.807, 2.05) is 0 Å². The maximum atomic E-state index is 12.1. The molecule has 0 fully saturated rings. The molecule has 1 N–H and O–H groups in total. The van der Waals surface area contributed by atoms with Gasteiger partial charge in [-0.2, -0.15) is 0 Å². The van der Waals surface area contributed by atoms with E-state index in [0.717, 1.165) is 11.2 Å². The first-order valence-electron chi connectivity index (χ1n) is 7.65. The van der Waals surface area contributed by atoms with Crippen LogP contribution in [0.3, 0.4) is 0 Å². The number of hydrogen-bond acceptors (Lipinski definition) is 4. The van der Waals surface area contributed by atoms with Gasteiger partial charge in [0.1, 0.15) is 12.3 Å². The normalized spacial score (nSPS) is 10.6. The van der Waals surface area contributed by atoms with E-state index in [0.29, 0.717) is 22.8 Å². The summed E-state index contributed by atoms with van der Waals surface area (Å²) in [4.78, 5) is 27.4. The summed E-state index contributed by atoms with van der Waals surface area (Å²) in [6.07, 6.45) is 3.51. The Labute approximate surface area is 149 Å². The Morgan fingerprint density at radius 2 is 1.92 bits per heavy atom. The standard InChI is InChI=1S/C18H16ClN3O3/c1-12(23)20-8-13-2-4-14(5-3-13)18(24)25-11-16-10-22-9-15(19)6-7-17(22)21-16/h2-7,9-10H,8,11H2,1H3,(H,20,23). The molecule has 7 heteroatoms. The third-order valence-corrected chi connectivity index (χ3v) is 3.77. The summed E-state index contributed by atoms with van der Waals surface area (Å²) in [6.45, 7) is 1.96. The Kier molecular flexibility index (Phi) is 5.00. The number of halogens is 1. The zero-order chi connectivity index (χ0) is 17.8. The van der Waals surface area contributed by atoms with Gasteiger partial charge in [0.2, 0.25) is 5.91 Å². The van der Waals surface area contributed by atoms with E-state index in [2.05, 4.69) is 10.3 Å². The van der Waals surface area contributed by atoms with Gasteiger partial charge in [0.15, 0.2) is 0 Å². The summed E-state index contributed by atoms with van der Waals surface area (Å²) in [5.74, 6) is -0.529. The molecular formula is C18H16ClN3O3. The second kappa shape index (κ2) is 7.36. The molecule has 1 aromatic carbocycles. The largest absolute Gasteiger partial charge is 0.456 e. The van der Waals surface area contributed by atoms with Crippen molar-refractivity contribution in [2.24, 2.45) is 0 Å². The Hall–Kier alpha value is -2.86. The third-order valence-electron chi connectivity index (χ3n) is 3.55. The number of benzene rings is 1. The number of ether oxygens (including phenoxy) is 1. The van der Waals surface area contributed by atoms with Crippen LogP contribution in [0.2, 0.25) is 5.02 Å². The first-order chi connectivity index (χ1) is 12.0. The second-order valence-corrected chi connectivity index (χ2v) is 5.96. The molecule has 0 aliphatic carbocycles. The molecule has 3 aromatic rings. The zero-order valence-corrected chi connectivity index (χ0v) is 14.3. The molecule has 0 unspecified atom stereocenters. The lowest BCUT2D eigenvalue weighted by Crippen LogP contribution is -2.18. The minimum atomic E-state index is -0.429. The maximum absolute atomic E-state index is 12.1. The summed E-state index contributed by atoms with van der Waals surface area (Å²) in [5, 5.41) is 3.30. The highest BCUT2D eigenvalue weighted by molar-refractivity contribution is 6.30. The van der Waals surface area contributed by atoms with E-state index in [4.69, 9.17) is 16.3 Å². The smallest absolute Gasteiger partial charge is 0.338 e. The molecular weight excluding hydrogens is 342 g/mol. The van der Waals surface area contributed by atoms with Crippen LogP contribution in [0, 0.1) is 0 Å². The molecule has 0 saturated heterocycles. The number of pyridine rings is 1. The van der Waals surface area contributed by atoms with Gasteiger partial charge < -0.3 is 14.5 Å². The predicted molar refractivity (Wildman–Crippen MR) is 93.3 cm³/mol. The first kappa shape index (κ1) is 17.0. The van der Waals surface area contributed by atoms with Crippen LogP contribution in [0.1, 0.15) is 28.5 Å². The lowest BCUT2D eigenvalue weighted by Gasteiger charge is -2.05. The van der Waals surface area contributed by atoms with Gasteiger partial charge in [0.25, 0.3) is 0 Å². The van der Waals surface area contributed by atoms with Gasteiger partial charge in [-0.25, -0.2) is 9.78 Å². The minimum absolute atomic E-state index is 0.0752. The number of imidazole rings is 1. The summed E-state index contributed by atoms with van der Waals surface area (Å²) in [7, 11) is 0. The first-order valence-corrected chi connectivity index (χ1v) is 8.03. The fourth-order valence-corrected chi connectivity index (χ4v) is 2.46. The van der Waals surface area contributed by atoms with E-state index < -0.39 is 5.97 Å². The van der Waals surface area contributed by atoms with E-state index in [9.17, 15) is 9.59 Å². The highest BCUT2D eigenvalue weighted by atomic mass is 35.5. The highest BCUT2D eigenvalue weighted by Crippen LogP contribution is 2.13. The summed E-state index contributed by atoms with van der Waals surface area (Å²) < 4.78 is 7.07. The molecule has 0 aliphatic rings. The van der Waals surface area contributed by atoms with Crippen molar-refractivity contribution in [3.63, 3.8) is 0 Å². The van der Waals surface area contributed by atoms with Crippen molar-refractivity contribution < 1.29 is 14.3 Å². The van der Waals surface area contributed by atoms with Crippen LogP contribution < -0.4 is 5.32 Å². The van der Waals surface area contributed by atoms with Crippen molar-refractivity contribution in [2.75, 3.05) is 0 Å². The van der Waals surface area contributed by atoms with Crippen molar-refractivity contribution in [1.82, 2.24) is 14.7 Å². The number of hydrogen-bond donors (Lipinski definition) is 1. The van der Waals surface area contributed by atoms with Gasteiger partial charge in [-0.1, -0.05) is 23.7 Å². The maximum Gasteiger partial charge on any atom is 0.338 e. The molecule has 0 bridgehead atoms. The highest BCUT2D eigenvalue weighted by Gasteiger charge is 2.09. The van der Waals surface area contributed by atoms with Crippen LogP contribution in [-0.2, 0) is 22.7 Å². The van der Waals surface area contributed by atoms with Crippen LogP contribution in [0.5, 0.6) is 0 Å². The van der Waals surface area contributed by atoms with Crippen LogP contribution in [0.25, 0.3) is 5.65 Å². The number of amides is 1. The van der Waals surface area contributed by atoms with Crippen LogP contribution >= 0.6 is 11.6 Å². The molecule has 0 radical (unpaired) electrons. The molecule has 0 aliphatic heterocycles. The SMILES string of the molecule is CC(=O)NCc1ccc(C(=O)OCc2cn3cc(Cl)ccc3n2)cc1. The fourth-order valence-electron chi connectivity index (χ4n) is 2.29. The van der Waals surface area contributed by atoms with Crippen molar-refractivity contribution in [3.05, 3.63) is 70.6 Å². The van der Waals surface area contributed by atoms with Crippen molar-refractivity contribution in [3.8, 4) is 0 Å². The summed E-state index contributed by atoms with van der Waals surface area (Å²) in [6, 6.07) is 10.4. The Balaban J connectivity index is 1.60. The van der Waals surface area contributed by atoms with Gasteiger partial charge in [-0.05, 0) is 29.8 Å². The van der Waals surface area contributed by atoms with Gasteiger partial charge in [0.05, 0.1) is 16.3 Å². The lowest BCUT2D eigenvalue weighted by atomic mass is 10.1.